The number of aromatic hydroxyl groups is 1. The Morgan fingerprint density at radius 2 is 2.12 bits per heavy atom. The maximum absolute atomic E-state index is 12.6. The fraction of sp³-hybridized carbons (Fsp3) is 0.417. The maximum Gasteiger partial charge on any atom is 0.267 e. The van der Waals surface area contributed by atoms with Crippen molar-refractivity contribution in [1.29, 1.82) is 0 Å². The molecule has 90 valence electrons. The van der Waals surface area contributed by atoms with E-state index in [0.717, 1.165) is 6.42 Å². The molecule has 1 N–H and O–H groups in total. The lowest BCUT2D eigenvalue weighted by Crippen LogP contribution is -2.31. The molecule has 0 radical (unpaired) electrons. The molecule has 5 heteroatoms. The van der Waals surface area contributed by atoms with E-state index in [4.69, 9.17) is 0 Å². The molecule has 1 aliphatic rings. The number of phenols is 1. The van der Waals surface area contributed by atoms with Crippen LogP contribution in [0.2, 0.25) is 0 Å². The standard InChI is InChI=1S/C12H11F2NO2/c13-11(14)9-6-8(2-3-10(9)17)12(15-7-16)4-1-5-12/h2-3,6,11,17H,1,4-5H2. The number of alkyl halides is 2. The number of rotatable bonds is 3. The molecule has 0 unspecified atom stereocenters. The van der Waals surface area contributed by atoms with Gasteiger partial charge in [0.05, 0.1) is 11.1 Å². The summed E-state index contributed by atoms with van der Waals surface area (Å²) in [6, 6.07) is 3.97. The Hall–Kier alpha value is -1.74. The Morgan fingerprint density at radius 1 is 1.41 bits per heavy atom. The van der Waals surface area contributed by atoms with Crippen LogP contribution in [-0.4, -0.2) is 11.2 Å². The van der Waals surface area contributed by atoms with E-state index in [9.17, 15) is 18.7 Å². The van der Waals surface area contributed by atoms with Crippen LogP contribution in [0.1, 0.15) is 36.8 Å². The molecule has 0 aromatic heterocycles. The largest absolute Gasteiger partial charge is 0.507 e. The summed E-state index contributed by atoms with van der Waals surface area (Å²) in [5.41, 5.74) is -0.589. The molecule has 0 aliphatic heterocycles. The highest BCUT2D eigenvalue weighted by atomic mass is 19.3. The number of isocyanates is 1. The van der Waals surface area contributed by atoms with Gasteiger partial charge in [0, 0.05) is 0 Å². The van der Waals surface area contributed by atoms with Gasteiger partial charge in [0.1, 0.15) is 5.75 Å². The number of halogens is 2. The molecule has 2 rings (SSSR count). The Kier molecular flexibility index (Phi) is 2.94. The molecule has 1 aliphatic carbocycles. The van der Waals surface area contributed by atoms with Crippen LogP contribution in [0.5, 0.6) is 5.75 Å². The molecule has 3 nitrogen and oxygen atoms in total. The number of hydrogen-bond acceptors (Lipinski definition) is 3. The summed E-state index contributed by atoms with van der Waals surface area (Å²) in [5, 5.41) is 9.30. The van der Waals surface area contributed by atoms with Gasteiger partial charge in [-0.05, 0) is 37.0 Å². The zero-order valence-corrected chi connectivity index (χ0v) is 8.99. The van der Waals surface area contributed by atoms with Crippen molar-refractivity contribution < 1.29 is 18.7 Å². The quantitative estimate of drug-likeness (QED) is 0.651. The highest BCUT2D eigenvalue weighted by molar-refractivity contribution is 5.44. The van der Waals surface area contributed by atoms with Gasteiger partial charge in [-0.15, -0.1) is 0 Å². The zero-order chi connectivity index (χ0) is 12.5. The maximum atomic E-state index is 12.6. The number of aliphatic imine (C=N–C) groups is 1. The molecule has 0 bridgehead atoms. The van der Waals surface area contributed by atoms with Crippen LogP contribution in [0, 0.1) is 0 Å². The molecule has 1 saturated carbocycles. The molecule has 1 fully saturated rings. The Bertz CT molecular complexity index is 477. The van der Waals surface area contributed by atoms with Crippen LogP contribution < -0.4 is 0 Å². The van der Waals surface area contributed by atoms with Crippen molar-refractivity contribution in [2.24, 2.45) is 4.99 Å². The predicted molar refractivity (Wildman–Crippen MR) is 56.7 cm³/mol. The van der Waals surface area contributed by atoms with E-state index in [1.165, 1.54) is 24.3 Å². The second-order valence-corrected chi connectivity index (χ2v) is 4.16. The first-order chi connectivity index (χ1) is 8.09. The average molecular weight is 239 g/mol. The normalized spacial score (nSPS) is 17.4. The molecule has 0 saturated heterocycles. The lowest BCUT2D eigenvalue weighted by molar-refractivity contribution is 0.147. The fourth-order valence-corrected chi connectivity index (χ4v) is 2.08. The van der Waals surface area contributed by atoms with Crippen LogP contribution in [0.3, 0.4) is 0 Å². The molecular weight excluding hydrogens is 228 g/mol. The van der Waals surface area contributed by atoms with Crippen LogP contribution in [0.25, 0.3) is 0 Å². The number of phenolic OH excluding ortho intramolecular Hbond substituents is 1. The van der Waals surface area contributed by atoms with Gasteiger partial charge in [0.2, 0.25) is 6.08 Å². The average Bonchev–Trinajstić information content (AvgIpc) is 2.24. The van der Waals surface area contributed by atoms with E-state index in [-0.39, 0.29) is 0 Å². The lowest BCUT2D eigenvalue weighted by atomic mass is 9.72. The molecule has 0 heterocycles. The van der Waals surface area contributed by atoms with E-state index in [1.54, 1.807) is 0 Å². The summed E-state index contributed by atoms with van der Waals surface area (Å²) in [5.74, 6) is -0.437. The van der Waals surface area contributed by atoms with Gasteiger partial charge in [-0.25, -0.2) is 13.6 Å². The van der Waals surface area contributed by atoms with E-state index < -0.39 is 23.3 Å². The van der Waals surface area contributed by atoms with Gasteiger partial charge in [-0.2, -0.15) is 4.99 Å². The van der Waals surface area contributed by atoms with Crippen molar-refractivity contribution in [1.82, 2.24) is 0 Å². The van der Waals surface area contributed by atoms with Crippen LogP contribution in [0.15, 0.2) is 23.2 Å². The van der Waals surface area contributed by atoms with Gasteiger partial charge in [-0.1, -0.05) is 6.07 Å². The van der Waals surface area contributed by atoms with Crippen molar-refractivity contribution in [2.75, 3.05) is 0 Å². The summed E-state index contributed by atoms with van der Waals surface area (Å²) in [4.78, 5) is 14.1. The number of carbonyl (C=O) groups excluding carboxylic acids is 1. The third-order valence-electron chi connectivity index (χ3n) is 3.24. The first kappa shape index (κ1) is 11.7. The summed E-state index contributed by atoms with van der Waals surface area (Å²) < 4.78 is 25.3. The van der Waals surface area contributed by atoms with E-state index in [2.05, 4.69) is 4.99 Å². The van der Waals surface area contributed by atoms with Crippen molar-refractivity contribution in [3.8, 4) is 5.75 Å². The van der Waals surface area contributed by atoms with E-state index in [0.29, 0.717) is 18.4 Å². The van der Waals surface area contributed by atoms with Crippen molar-refractivity contribution in [3.63, 3.8) is 0 Å². The van der Waals surface area contributed by atoms with Crippen molar-refractivity contribution >= 4 is 6.08 Å². The molecule has 1 aromatic carbocycles. The summed E-state index contributed by atoms with van der Waals surface area (Å²) in [7, 11) is 0. The second-order valence-electron chi connectivity index (χ2n) is 4.16. The molecule has 0 spiro atoms. The zero-order valence-electron chi connectivity index (χ0n) is 8.99. The van der Waals surface area contributed by atoms with E-state index >= 15 is 0 Å². The van der Waals surface area contributed by atoms with Gasteiger partial charge in [-0.3, -0.25) is 0 Å². The molecular formula is C12H11F2NO2. The summed E-state index contributed by atoms with van der Waals surface area (Å²) in [6.45, 7) is 0. The number of nitrogens with zero attached hydrogens (tertiary/aromatic N) is 1. The van der Waals surface area contributed by atoms with E-state index in [1.807, 2.05) is 0 Å². The second kappa shape index (κ2) is 4.26. The highest BCUT2D eigenvalue weighted by Gasteiger charge is 2.39. The first-order valence-electron chi connectivity index (χ1n) is 5.30. The van der Waals surface area contributed by atoms with Gasteiger partial charge >= 0.3 is 0 Å². The molecule has 0 amide bonds. The van der Waals surface area contributed by atoms with Crippen LogP contribution in [0.4, 0.5) is 8.78 Å². The van der Waals surface area contributed by atoms with Gasteiger partial charge in [0.25, 0.3) is 6.43 Å². The SMILES string of the molecule is O=C=NC1(c2ccc(O)c(C(F)F)c2)CCC1. The monoisotopic (exact) mass is 239 g/mol. The van der Waals surface area contributed by atoms with Crippen molar-refractivity contribution in [2.45, 2.75) is 31.2 Å². The topological polar surface area (TPSA) is 49.7 Å². The molecule has 0 atom stereocenters. The number of hydrogen-bond donors (Lipinski definition) is 1. The smallest absolute Gasteiger partial charge is 0.267 e. The highest BCUT2D eigenvalue weighted by Crippen LogP contribution is 2.46. The van der Waals surface area contributed by atoms with Gasteiger partial charge in [0.15, 0.2) is 0 Å². The third kappa shape index (κ3) is 1.94. The Morgan fingerprint density at radius 3 is 2.59 bits per heavy atom. The minimum absolute atomic E-state index is 0.421. The number of benzene rings is 1. The van der Waals surface area contributed by atoms with Crippen molar-refractivity contribution in [3.05, 3.63) is 29.3 Å². The van der Waals surface area contributed by atoms with Gasteiger partial charge < -0.3 is 5.11 Å². The van der Waals surface area contributed by atoms with Crippen LogP contribution in [-0.2, 0) is 10.3 Å². The summed E-state index contributed by atoms with van der Waals surface area (Å²) >= 11 is 0. The Balaban J connectivity index is 2.45. The summed E-state index contributed by atoms with van der Waals surface area (Å²) in [6.07, 6.45) is 0.950. The Labute approximate surface area is 96.8 Å². The lowest BCUT2D eigenvalue weighted by Gasteiger charge is -2.37. The minimum atomic E-state index is -2.74. The molecule has 17 heavy (non-hydrogen) atoms. The minimum Gasteiger partial charge on any atom is -0.507 e. The fourth-order valence-electron chi connectivity index (χ4n) is 2.08. The van der Waals surface area contributed by atoms with Crippen LogP contribution >= 0.6 is 0 Å². The third-order valence-corrected chi connectivity index (χ3v) is 3.24. The first-order valence-corrected chi connectivity index (χ1v) is 5.30. The predicted octanol–water partition coefficient (Wildman–Crippen LogP) is 3.04. The molecule has 1 aromatic rings.